The van der Waals surface area contributed by atoms with Crippen molar-refractivity contribution < 1.29 is 19.4 Å². The van der Waals surface area contributed by atoms with Gasteiger partial charge in [0.25, 0.3) is 6.26 Å². The number of hydrogen-bond donors (Lipinski definition) is 1. The lowest BCUT2D eigenvalue weighted by molar-refractivity contribution is -0.132. The highest BCUT2D eigenvalue weighted by atomic mass is 16.5. The first-order chi connectivity index (χ1) is 6.26. The van der Waals surface area contributed by atoms with Gasteiger partial charge < -0.3 is 14.6 Å². The highest BCUT2D eigenvalue weighted by Gasteiger charge is 2.10. The van der Waals surface area contributed by atoms with Gasteiger partial charge in [-0.05, 0) is 0 Å². The second kappa shape index (κ2) is 6.65. The fraction of sp³-hybridized carbons (Fsp3) is 0.286. The maximum absolute atomic E-state index is 10.7. The molecule has 0 amide bonds. The number of carbonyl (C=O) groups is 1. The van der Waals surface area contributed by atoms with Crippen molar-refractivity contribution in [3.63, 3.8) is 0 Å². The molecule has 0 aliphatic carbocycles. The van der Waals surface area contributed by atoms with E-state index in [-0.39, 0.29) is 13.2 Å². The van der Waals surface area contributed by atoms with Gasteiger partial charge in [-0.1, -0.05) is 0 Å². The third-order valence-corrected chi connectivity index (χ3v) is 0.889. The van der Waals surface area contributed by atoms with E-state index in [0.29, 0.717) is 0 Å². The van der Waals surface area contributed by atoms with Crippen molar-refractivity contribution in [3.05, 3.63) is 11.8 Å². The molecule has 0 saturated heterocycles. The number of esters is 1. The van der Waals surface area contributed by atoms with Crippen LogP contribution in [-0.4, -0.2) is 24.3 Å². The van der Waals surface area contributed by atoms with Crippen LogP contribution in [0.15, 0.2) is 11.8 Å². The minimum absolute atomic E-state index is 0.0367. The molecule has 0 aliphatic rings. The van der Waals surface area contributed by atoms with E-state index >= 15 is 0 Å². The van der Waals surface area contributed by atoms with Crippen molar-refractivity contribution >= 4 is 5.97 Å². The van der Waals surface area contributed by atoms with E-state index in [2.05, 4.69) is 9.47 Å². The first-order valence-corrected chi connectivity index (χ1v) is 3.19. The van der Waals surface area contributed by atoms with E-state index in [1.165, 1.54) is 6.07 Å². The summed E-state index contributed by atoms with van der Waals surface area (Å²) in [4.78, 5) is 10.7. The number of carbonyl (C=O) groups excluding carboxylic acids is 1. The first kappa shape index (κ1) is 11.0. The fourth-order valence-electron chi connectivity index (χ4n) is 0.412. The molecule has 0 unspecified atom stereocenters. The summed E-state index contributed by atoms with van der Waals surface area (Å²) in [7, 11) is 0. The molecule has 0 heterocycles. The Kier molecular flexibility index (Phi) is 5.60. The second-order valence-corrected chi connectivity index (χ2v) is 1.72. The number of nitrogens with zero attached hydrogens (tertiary/aromatic N) is 2. The monoisotopic (exact) mass is 182 g/mol. The molecule has 0 saturated carbocycles. The molecular formula is C7H6N2O4. The van der Waals surface area contributed by atoms with Gasteiger partial charge in [0.2, 0.25) is 0 Å². The normalized spacial score (nSPS) is 9.62. The Bertz CT molecular complexity index is 284. The second-order valence-electron chi connectivity index (χ2n) is 1.72. The smallest absolute Gasteiger partial charge is 0.367 e. The molecule has 0 aromatic rings. The molecule has 0 aromatic carbocycles. The summed E-state index contributed by atoms with van der Waals surface area (Å²) >= 11 is 0. The Hall–Kier alpha value is -2.05. The summed E-state index contributed by atoms with van der Waals surface area (Å²) in [5, 5.41) is 24.6. The molecule has 6 heteroatoms. The van der Waals surface area contributed by atoms with Crippen molar-refractivity contribution in [3.8, 4) is 12.3 Å². The van der Waals surface area contributed by atoms with Crippen LogP contribution in [0, 0.1) is 22.8 Å². The average molecular weight is 182 g/mol. The number of nitriles is 2. The van der Waals surface area contributed by atoms with Crippen LogP contribution in [0.4, 0.5) is 0 Å². The summed E-state index contributed by atoms with van der Waals surface area (Å²) in [6, 6.07) is 1.47. The average Bonchev–Trinajstić information content (AvgIpc) is 2.13. The van der Waals surface area contributed by atoms with Gasteiger partial charge in [-0.2, -0.15) is 5.26 Å². The van der Waals surface area contributed by atoms with E-state index in [1.807, 2.05) is 0 Å². The van der Waals surface area contributed by atoms with Crippen molar-refractivity contribution in [2.45, 2.75) is 0 Å². The molecule has 0 rings (SSSR count). The Labute approximate surface area is 74.2 Å². The summed E-state index contributed by atoms with van der Waals surface area (Å²) in [6.07, 6.45) is 1.96. The lowest BCUT2D eigenvalue weighted by Crippen LogP contribution is -2.04. The maximum Gasteiger partial charge on any atom is 0.367 e. The SMILES string of the molecule is N#COC(=O)C(C#N)=COCCO. The lowest BCUT2D eigenvalue weighted by Gasteiger charge is -1.96. The number of rotatable bonds is 4. The molecule has 6 nitrogen and oxygen atoms in total. The van der Waals surface area contributed by atoms with Gasteiger partial charge in [0.05, 0.1) is 6.61 Å². The predicted molar refractivity (Wildman–Crippen MR) is 38.4 cm³/mol. The molecule has 0 atom stereocenters. The zero-order chi connectivity index (χ0) is 10.1. The summed E-state index contributed by atoms with van der Waals surface area (Å²) < 4.78 is 8.42. The van der Waals surface area contributed by atoms with Gasteiger partial charge in [-0.3, -0.25) is 0 Å². The zero-order valence-electron chi connectivity index (χ0n) is 6.56. The summed E-state index contributed by atoms with van der Waals surface area (Å²) in [5.74, 6) is -1.08. The highest BCUT2D eigenvalue weighted by Crippen LogP contribution is 1.96. The predicted octanol–water partition coefficient (Wildman–Crippen LogP) is -0.573. The van der Waals surface area contributed by atoms with E-state index in [0.717, 1.165) is 12.5 Å². The van der Waals surface area contributed by atoms with Gasteiger partial charge in [0.15, 0.2) is 5.57 Å². The standard InChI is InChI=1S/C7H6N2O4/c8-3-6(4-12-2-1-10)7(11)13-5-9/h4,10H,1-2H2. The third-order valence-electron chi connectivity index (χ3n) is 0.889. The lowest BCUT2D eigenvalue weighted by atomic mass is 10.3. The van der Waals surface area contributed by atoms with Crippen LogP contribution < -0.4 is 0 Å². The molecule has 68 valence electrons. The van der Waals surface area contributed by atoms with Gasteiger partial charge in [0.1, 0.15) is 18.9 Å². The van der Waals surface area contributed by atoms with Gasteiger partial charge >= 0.3 is 5.97 Å². The zero-order valence-corrected chi connectivity index (χ0v) is 6.56. The quantitative estimate of drug-likeness (QED) is 0.156. The molecule has 13 heavy (non-hydrogen) atoms. The highest BCUT2D eigenvalue weighted by molar-refractivity contribution is 5.92. The molecular weight excluding hydrogens is 176 g/mol. The van der Waals surface area contributed by atoms with E-state index in [4.69, 9.17) is 15.6 Å². The maximum atomic E-state index is 10.7. The summed E-state index contributed by atoms with van der Waals surface area (Å²) in [5.41, 5.74) is -0.435. The van der Waals surface area contributed by atoms with Crippen LogP contribution in [0.25, 0.3) is 0 Å². The van der Waals surface area contributed by atoms with Crippen molar-refractivity contribution in [1.29, 1.82) is 10.5 Å². The Morgan fingerprint density at radius 2 is 2.23 bits per heavy atom. The van der Waals surface area contributed by atoms with E-state index in [9.17, 15) is 4.79 Å². The molecule has 1 N–H and O–H groups in total. The Balaban J connectivity index is 4.19. The largest absolute Gasteiger partial charge is 0.497 e. The van der Waals surface area contributed by atoms with Gasteiger partial charge in [-0.25, -0.2) is 4.79 Å². The van der Waals surface area contributed by atoms with Gasteiger partial charge in [-0.15, -0.1) is 5.26 Å². The molecule has 0 aromatic heterocycles. The van der Waals surface area contributed by atoms with E-state index < -0.39 is 11.5 Å². The van der Waals surface area contributed by atoms with Crippen LogP contribution >= 0.6 is 0 Å². The van der Waals surface area contributed by atoms with Crippen LogP contribution in [0.2, 0.25) is 0 Å². The molecule has 0 bridgehead atoms. The first-order valence-electron chi connectivity index (χ1n) is 3.19. The summed E-state index contributed by atoms with van der Waals surface area (Å²) in [6.45, 7) is -0.270. The third kappa shape index (κ3) is 4.40. The molecule has 0 spiro atoms. The number of ether oxygens (including phenoxy) is 2. The number of hydrogen-bond acceptors (Lipinski definition) is 6. The number of aliphatic hydroxyl groups is 1. The Morgan fingerprint density at radius 3 is 2.69 bits per heavy atom. The molecule has 0 fully saturated rings. The minimum atomic E-state index is -1.08. The van der Waals surface area contributed by atoms with Crippen LogP contribution in [-0.2, 0) is 14.3 Å². The van der Waals surface area contributed by atoms with E-state index in [1.54, 1.807) is 0 Å². The van der Waals surface area contributed by atoms with Crippen molar-refractivity contribution in [2.24, 2.45) is 0 Å². The van der Waals surface area contributed by atoms with Crippen molar-refractivity contribution in [1.82, 2.24) is 0 Å². The molecule has 0 aliphatic heterocycles. The Morgan fingerprint density at radius 1 is 1.54 bits per heavy atom. The van der Waals surface area contributed by atoms with Crippen LogP contribution in [0.3, 0.4) is 0 Å². The molecule has 0 radical (unpaired) electrons. The minimum Gasteiger partial charge on any atom is -0.497 e. The number of aliphatic hydroxyl groups excluding tert-OH is 1. The van der Waals surface area contributed by atoms with Crippen LogP contribution in [0.5, 0.6) is 0 Å². The fourth-order valence-corrected chi connectivity index (χ4v) is 0.412. The van der Waals surface area contributed by atoms with Crippen LogP contribution in [0.1, 0.15) is 0 Å². The topological polar surface area (TPSA) is 103 Å². The van der Waals surface area contributed by atoms with Gasteiger partial charge in [0, 0.05) is 0 Å². The van der Waals surface area contributed by atoms with Crippen molar-refractivity contribution in [2.75, 3.05) is 13.2 Å².